The second-order valence-electron chi connectivity index (χ2n) is 2.78. The van der Waals surface area contributed by atoms with Gasteiger partial charge in [-0.15, -0.1) is 0 Å². The third kappa shape index (κ3) is 2.36. The summed E-state index contributed by atoms with van der Waals surface area (Å²) in [6.07, 6.45) is 4.06. The molecule has 0 saturated carbocycles. The van der Waals surface area contributed by atoms with Crippen LogP contribution < -0.4 is 0 Å². The monoisotopic (exact) mass is 160 g/mol. The van der Waals surface area contributed by atoms with Gasteiger partial charge in [-0.1, -0.05) is 19.8 Å². The predicted octanol–water partition coefficient (Wildman–Crippen LogP) is 2.40. The van der Waals surface area contributed by atoms with Gasteiger partial charge in [-0.2, -0.15) is 0 Å². The van der Waals surface area contributed by atoms with Gasteiger partial charge in [-0.3, -0.25) is 0 Å². The molecule has 1 rings (SSSR count). The lowest BCUT2D eigenvalue weighted by Crippen LogP contribution is -1.86. The molecule has 12 heavy (non-hydrogen) atoms. The van der Waals surface area contributed by atoms with Gasteiger partial charge in [0.25, 0.3) is 0 Å². The molecule has 0 aromatic heterocycles. The molecule has 0 aromatic rings. The van der Waals surface area contributed by atoms with Crippen molar-refractivity contribution in [3.05, 3.63) is 11.3 Å². The van der Waals surface area contributed by atoms with Crippen LogP contribution in [-0.4, -0.2) is 5.11 Å². The van der Waals surface area contributed by atoms with Crippen molar-refractivity contribution in [2.24, 2.45) is 0 Å². The van der Waals surface area contributed by atoms with Gasteiger partial charge in [-0.05, 0) is 30.1 Å². The molecule has 0 unspecified atom stereocenters. The molecule has 0 aromatic carbocycles. The largest absolute Gasteiger partial charge is 0.510 e. The number of rotatable bonds is 4. The zero-order valence-corrected chi connectivity index (χ0v) is 7.28. The van der Waals surface area contributed by atoms with Gasteiger partial charge < -0.3 is 5.11 Å². The molecule has 1 aliphatic rings. The van der Waals surface area contributed by atoms with Gasteiger partial charge in [-0.25, -0.2) is 0 Å². The maximum Gasteiger partial charge on any atom is 0.116 e. The van der Waals surface area contributed by atoms with Crippen LogP contribution in [0.2, 0.25) is 0 Å². The van der Waals surface area contributed by atoms with Crippen molar-refractivity contribution >= 4 is 0 Å². The molecule has 1 heteroatoms. The number of aliphatic hydroxyl groups excluding tert-OH is 1. The number of unbranched alkanes of at least 4 members (excludes halogenated alkanes) is 2. The highest BCUT2D eigenvalue weighted by Gasteiger charge is 2.01. The van der Waals surface area contributed by atoms with E-state index in [4.69, 9.17) is 0 Å². The molecule has 62 valence electrons. The van der Waals surface area contributed by atoms with Crippen molar-refractivity contribution in [3.63, 3.8) is 0 Å². The molecule has 0 saturated heterocycles. The Labute approximate surface area is 73.5 Å². The molecule has 0 fully saturated rings. The van der Waals surface area contributed by atoms with Crippen molar-refractivity contribution in [1.82, 2.24) is 0 Å². The Morgan fingerprint density at radius 2 is 1.92 bits per heavy atom. The molecular weight excluding hydrogens is 148 g/mol. The van der Waals surface area contributed by atoms with Crippen LogP contribution in [0.3, 0.4) is 0 Å². The Kier molecular flexibility index (Phi) is 3.30. The standard InChI is InChI=1S/C11H12O/c1-2-3-4-9-11(12)10-7-5-6-8-10/h12H,2-4,9H2,1H3. The van der Waals surface area contributed by atoms with Gasteiger partial charge in [0.2, 0.25) is 0 Å². The third-order valence-corrected chi connectivity index (χ3v) is 1.74. The maximum atomic E-state index is 9.45. The van der Waals surface area contributed by atoms with Crippen LogP contribution in [0.1, 0.15) is 32.6 Å². The van der Waals surface area contributed by atoms with Crippen LogP contribution in [0.15, 0.2) is 11.3 Å². The molecule has 0 heterocycles. The van der Waals surface area contributed by atoms with Gasteiger partial charge in [0.1, 0.15) is 11.3 Å². The number of aliphatic hydroxyl groups is 1. The molecule has 0 atom stereocenters. The van der Waals surface area contributed by atoms with E-state index in [1.807, 2.05) is 0 Å². The van der Waals surface area contributed by atoms with Crippen LogP contribution in [-0.2, 0) is 0 Å². The first-order valence-corrected chi connectivity index (χ1v) is 4.28. The lowest BCUT2D eigenvalue weighted by Gasteiger charge is -1.98. The summed E-state index contributed by atoms with van der Waals surface area (Å²) >= 11 is 0. The molecule has 0 radical (unpaired) electrons. The Balaban J connectivity index is 2.41. The van der Waals surface area contributed by atoms with E-state index in [0.29, 0.717) is 17.8 Å². The topological polar surface area (TPSA) is 20.2 Å². The quantitative estimate of drug-likeness (QED) is 0.380. The van der Waals surface area contributed by atoms with Gasteiger partial charge in [0, 0.05) is 6.42 Å². The van der Waals surface area contributed by atoms with Gasteiger partial charge >= 0.3 is 0 Å². The summed E-state index contributed by atoms with van der Waals surface area (Å²) in [5.74, 6) is 11.1. The van der Waals surface area contributed by atoms with E-state index < -0.39 is 0 Å². The fourth-order valence-corrected chi connectivity index (χ4v) is 1.03. The Bertz CT molecular complexity index is 279. The molecule has 0 bridgehead atoms. The second-order valence-corrected chi connectivity index (χ2v) is 2.78. The van der Waals surface area contributed by atoms with Crippen LogP contribution in [0.5, 0.6) is 0 Å². The van der Waals surface area contributed by atoms with E-state index >= 15 is 0 Å². The summed E-state index contributed by atoms with van der Waals surface area (Å²) < 4.78 is 0. The molecule has 0 spiro atoms. The lowest BCUT2D eigenvalue weighted by atomic mass is 10.1. The fraction of sp³-hybridized carbons (Fsp3) is 0.455. The van der Waals surface area contributed by atoms with E-state index in [-0.39, 0.29) is 0 Å². The zero-order chi connectivity index (χ0) is 8.81. The van der Waals surface area contributed by atoms with E-state index in [1.54, 1.807) is 0 Å². The fourth-order valence-electron chi connectivity index (χ4n) is 1.03. The Morgan fingerprint density at radius 1 is 1.25 bits per heavy atom. The average Bonchev–Trinajstić information content (AvgIpc) is 2.56. The van der Waals surface area contributed by atoms with E-state index in [1.165, 1.54) is 6.42 Å². The van der Waals surface area contributed by atoms with Crippen molar-refractivity contribution in [2.45, 2.75) is 32.6 Å². The third-order valence-electron chi connectivity index (χ3n) is 1.74. The van der Waals surface area contributed by atoms with Crippen molar-refractivity contribution in [1.29, 1.82) is 0 Å². The number of allylic oxidation sites excluding steroid dienone is 2. The van der Waals surface area contributed by atoms with Crippen LogP contribution in [0, 0.1) is 23.7 Å². The summed E-state index contributed by atoms with van der Waals surface area (Å²) in [6, 6.07) is 0. The minimum Gasteiger partial charge on any atom is -0.510 e. The first kappa shape index (κ1) is 8.75. The molecule has 1 aliphatic carbocycles. The lowest BCUT2D eigenvalue weighted by molar-refractivity contribution is 0.379. The minimum atomic E-state index is 0.362. The smallest absolute Gasteiger partial charge is 0.116 e. The summed E-state index contributed by atoms with van der Waals surface area (Å²) in [5.41, 5.74) is 0.617. The minimum absolute atomic E-state index is 0.362. The summed E-state index contributed by atoms with van der Waals surface area (Å²) in [6.45, 7) is 2.14. The average molecular weight is 160 g/mol. The molecule has 1 nitrogen and oxygen atoms in total. The number of hydrogen-bond acceptors (Lipinski definition) is 1. The van der Waals surface area contributed by atoms with Crippen molar-refractivity contribution < 1.29 is 5.11 Å². The Morgan fingerprint density at radius 3 is 2.50 bits per heavy atom. The first-order valence-electron chi connectivity index (χ1n) is 4.28. The van der Waals surface area contributed by atoms with E-state index in [9.17, 15) is 5.11 Å². The van der Waals surface area contributed by atoms with E-state index in [2.05, 4.69) is 30.6 Å². The maximum absolute atomic E-state index is 9.45. The second kappa shape index (κ2) is 4.52. The number of hydrogen-bond donors (Lipinski definition) is 1. The van der Waals surface area contributed by atoms with Crippen LogP contribution in [0.25, 0.3) is 0 Å². The zero-order valence-electron chi connectivity index (χ0n) is 7.28. The van der Waals surface area contributed by atoms with Gasteiger partial charge in [0.15, 0.2) is 0 Å². The normalized spacial score (nSPS) is 11.6. The van der Waals surface area contributed by atoms with Crippen molar-refractivity contribution in [2.75, 3.05) is 0 Å². The van der Waals surface area contributed by atoms with Crippen LogP contribution in [0.4, 0.5) is 0 Å². The summed E-state index contributed by atoms with van der Waals surface area (Å²) in [7, 11) is 0. The SMILES string of the molecule is CCCCCC(O)=C1C#CC#C1. The highest BCUT2D eigenvalue weighted by molar-refractivity contribution is 5.56. The molecule has 0 amide bonds. The van der Waals surface area contributed by atoms with Crippen LogP contribution >= 0.6 is 0 Å². The highest BCUT2D eigenvalue weighted by Crippen LogP contribution is 2.10. The van der Waals surface area contributed by atoms with Crippen molar-refractivity contribution in [3.8, 4) is 23.7 Å². The summed E-state index contributed by atoms with van der Waals surface area (Å²) in [5, 5.41) is 9.45. The molecule has 1 N–H and O–H groups in total. The Hall–Kier alpha value is -1.34. The van der Waals surface area contributed by atoms with E-state index in [0.717, 1.165) is 12.8 Å². The molecule has 0 aliphatic heterocycles. The first-order chi connectivity index (χ1) is 5.84. The highest BCUT2D eigenvalue weighted by atomic mass is 16.3. The predicted molar refractivity (Wildman–Crippen MR) is 49.3 cm³/mol. The molecular formula is C11H12O. The van der Waals surface area contributed by atoms with Gasteiger partial charge in [0.05, 0.1) is 0 Å². The summed E-state index contributed by atoms with van der Waals surface area (Å²) in [4.78, 5) is 0.